The monoisotopic (exact) mass is 338 g/mol. The number of benzene rings is 1. The van der Waals surface area contributed by atoms with Crippen molar-refractivity contribution in [3.05, 3.63) is 28.8 Å². The lowest BCUT2D eigenvalue weighted by atomic mass is 10.0. The number of carbonyl (C=O) groups is 1. The Morgan fingerprint density at radius 2 is 1.61 bits per heavy atom. The zero-order chi connectivity index (χ0) is 15.9. The van der Waals surface area contributed by atoms with E-state index in [2.05, 4.69) is 43.1 Å². The molecule has 1 N–H and O–H groups in total. The summed E-state index contributed by atoms with van der Waals surface area (Å²) in [5.41, 5.74) is 4.54. The highest BCUT2D eigenvalue weighted by Crippen LogP contribution is 2.22. The smallest absolute Gasteiger partial charge is 0.224 e. The minimum Gasteiger partial charge on any atom is -0.326 e. The van der Waals surface area contributed by atoms with Gasteiger partial charge in [0.2, 0.25) is 5.91 Å². The number of aryl methyl sites for hydroxylation is 3. The highest BCUT2D eigenvalue weighted by Gasteiger charge is 2.11. The average Bonchev–Trinajstić information content (AvgIpc) is 2.71. The first-order valence-electron chi connectivity index (χ1n) is 8.66. The van der Waals surface area contributed by atoms with Crippen molar-refractivity contribution >= 4 is 24.0 Å². The van der Waals surface area contributed by atoms with Gasteiger partial charge in [-0.25, -0.2) is 0 Å². The van der Waals surface area contributed by atoms with Crippen LogP contribution in [0.4, 0.5) is 5.69 Å². The lowest BCUT2D eigenvalue weighted by molar-refractivity contribution is -0.116. The molecular formula is C19H31ClN2O. The molecule has 23 heavy (non-hydrogen) atoms. The molecule has 1 fully saturated rings. The predicted molar refractivity (Wildman–Crippen MR) is 101 cm³/mol. The summed E-state index contributed by atoms with van der Waals surface area (Å²) < 4.78 is 0. The zero-order valence-electron chi connectivity index (χ0n) is 14.8. The maximum atomic E-state index is 12.2. The molecule has 0 atom stereocenters. The van der Waals surface area contributed by atoms with E-state index in [1.165, 1.54) is 44.3 Å². The molecule has 0 radical (unpaired) electrons. The fourth-order valence-corrected chi connectivity index (χ4v) is 3.40. The van der Waals surface area contributed by atoms with E-state index in [0.29, 0.717) is 6.42 Å². The van der Waals surface area contributed by atoms with Crippen molar-refractivity contribution in [3.8, 4) is 0 Å². The summed E-state index contributed by atoms with van der Waals surface area (Å²) in [6.07, 6.45) is 6.92. The molecule has 4 heteroatoms. The first kappa shape index (κ1) is 20.0. The van der Waals surface area contributed by atoms with Gasteiger partial charge in [-0.05, 0) is 70.8 Å². The van der Waals surface area contributed by atoms with E-state index in [1.807, 2.05) is 0 Å². The summed E-state index contributed by atoms with van der Waals surface area (Å²) in [5, 5.41) is 3.10. The largest absolute Gasteiger partial charge is 0.326 e. The third-order valence-electron chi connectivity index (χ3n) is 4.52. The standard InChI is InChI=1S/C19H30N2O.ClH/c1-15-13-16(2)19(17(3)14-15)20-18(22)9-8-12-21-10-6-4-5-7-11-21;/h13-14H,4-12H2,1-3H3,(H,20,22);1H. The molecule has 3 nitrogen and oxygen atoms in total. The summed E-state index contributed by atoms with van der Waals surface area (Å²) >= 11 is 0. The Morgan fingerprint density at radius 1 is 1.04 bits per heavy atom. The molecule has 1 aliphatic rings. The molecule has 1 aromatic rings. The van der Waals surface area contributed by atoms with Crippen LogP contribution in [0.2, 0.25) is 0 Å². The number of anilines is 1. The summed E-state index contributed by atoms with van der Waals surface area (Å²) in [6, 6.07) is 4.25. The van der Waals surface area contributed by atoms with Crippen molar-refractivity contribution in [2.75, 3.05) is 25.0 Å². The number of hydrogen-bond acceptors (Lipinski definition) is 2. The molecule has 0 unspecified atom stereocenters. The van der Waals surface area contributed by atoms with Crippen LogP contribution in [0.15, 0.2) is 12.1 Å². The Morgan fingerprint density at radius 3 is 2.17 bits per heavy atom. The lowest BCUT2D eigenvalue weighted by Crippen LogP contribution is -2.26. The Kier molecular flexibility index (Phi) is 8.64. The van der Waals surface area contributed by atoms with Crippen LogP contribution in [0, 0.1) is 20.8 Å². The fraction of sp³-hybridized carbons (Fsp3) is 0.632. The molecule has 1 aromatic carbocycles. The Hall–Kier alpha value is -1.06. The molecule has 1 amide bonds. The summed E-state index contributed by atoms with van der Waals surface area (Å²) in [4.78, 5) is 14.7. The molecule has 0 aliphatic carbocycles. The maximum absolute atomic E-state index is 12.2. The second-order valence-corrected chi connectivity index (χ2v) is 6.68. The number of amides is 1. The van der Waals surface area contributed by atoms with Gasteiger partial charge in [-0.3, -0.25) is 4.79 Å². The topological polar surface area (TPSA) is 32.3 Å². The lowest BCUT2D eigenvalue weighted by Gasteiger charge is -2.19. The van der Waals surface area contributed by atoms with Crippen LogP contribution in [0.3, 0.4) is 0 Å². The summed E-state index contributed by atoms with van der Waals surface area (Å²) in [6.45, 7) is 9.68. The SMILES string of the molecule is Cc1cc(C)c(NC(=O)CCCN2CCCCCC2)c(C)c1.Cl. The van der Waals surface area contributed by atoms with Crippen LogP contribution in [0.1, 0.15) is 55.2 Å². The van der Waals surface area contributed by atoms with Crippen molar-refractivity contribution in [2.45, 2.75) is 59.3 Å². The fourth-order valence-electron chi connectivity index (χ4n) is 3.40. The van der Waals surface area contributed by atoms with Crippen molar-refractivity contribution in [2.24, 2.45) is 0 Å². The van der Waals surface area contributed by atoms with Gasteiger partial charge in [0.1, 0.15) is 0 Å². The van der Waals surface area contributed by atoms with Crippen LogP contribution >= 0.6 is 12.4 Å². The van der Waals surface area contributed by atoms with Gasteiger partial charge in [0.25, 0.3) is 0 Å². The Balaban J connectivity index is 0.00000264. The van der Waals surface area contributed by atoms with Crippen LogP contribution < -0.4 is 5.32 Å². The minimum atomic E-state index is 0. The van der Waals surface area contributed by atoms with Gasteiger partial charge < -0.3 is 10.2 Å². The number of likely N-dealkylation sites (tertiary alicyclic amines) is 1. The Bertz CT molecular complexity index is 485. The molecule has 130 valence electrons. The second kappa shape index (κ2) is 9.94. The summed E-state index contributed by atoms with van der Waals surface area (Å²) in [7, 11) is 0. The number of hydrogen-bond donors (Lipinski definition) is 1. The van der Waals surface area contributed by atoms with Gasteiger partial charge in [-0.1, -0.05) is 30.5 Å². The van der Waals surface area contributed by atoms with E-state index in [9.17, 15) is 4.79 Å². The number of rotatable bonds is 5. The first-order chi connectivity index (χ1) is 10.6. The van der Waals surface area contributed by atoms with Gasteiger partial charge in [-0.15, -0.1) is 12.4 Å². The normalized spacial score (nSPS) is 15.6. The third kappa shape index (κ3) is 6.52. The quantitative estimate of drug-likeness (QED) is 0.849. The number of carbonyl (C=O) groups excluding carboxylic acids is 1. The van der Waals surface area contributed by atoms with Gasteiger partial charge in [0.05, 0.1) is 0 Å². The number of nitrogens with zero attached hydrogens (tertiary/aromatic N) is 1. The van der Waals surface area contributed by atoms with Gasteiger partial charge in [0, 0.05) is 12.1 Å². The molecule has 1 aliphatic heterocycles. The molecule has 2 rings (SSSR count). The van der Waals surface area contributed by atoms with Gasteiger partial charge in [0.15, 0.2) is 0 Å². The molecule has 0 bridgehead atoms. The molecular weight excluding hydrogens is 308 g/mol. The van der Waals surface area contributed by atoms with E-state index in [0.717, 1.165) is 29.8 Å². The van der Waals surface area contributed by atoms with E-state index >= 15 is 0 Å². The van der Waals surface area contributed by atoms with Crippen LogP contribution in [-0.4, -0.2) is 30.4 Å². The molecule has 1 saturated heterocycles. The number of nitrogens with one attached hydrogen (secondary N) is 1. The van der Waals surface area contributed by atoms with E-state index in [1.54, 1.807) is 0 Å². The maximum Gasteiger partial charge on any atom is 0.224 e. The molecule has 0 spiro atoms. The Labute approximate surface area is 147 Å². The van der Waals surface area contributed by atoms with E-state index in [-0.39, 0.29) is 18.3 Å². The summed E-state index contributed by atoms with van der Waals surface area (Å²) in [5.74, 6) is 0.143. The molecule has 0 saturated carbocycles. The van der Waals surface area contributed by atoms with Crippen LogP contribution in [0.5, 0.6) is 0 Å². The van der Waals surface area contributed by atoms with Crippen molar-refractivity contribution < 1.29 is 4.79 Å². The van der Waals surface area contributed by atoms with Crippen LogP contribution in [0.25, 0.3) is 0 Å². The zero-order valence-corrected chi connectivity index (χ0v) is 15.6. The van der Waals surface area contributed by atoms with Gasteiger partial charge >= 0.3 is 0 Å². The molecule has 0 aromatic heterocycles. The predicted octanol–water partition coefficient (Wildman–Crippen LogP) is 4.63. The average molecular weight is 339 g/mol. The van der Waals surface area contributed by atoms with Gasteiger partial charge in [-0.2, -0.15) is 0 Å². The second-order valence-electron chi connectivity index (χ2n) is 6.68. The highest BCUT2D eigenvalue weighted by atomic mass is 35.5. The highest BCUT2D eigenvalue weighted by molar-refractivity contribution is 5.92. The third-order valence-corrected chi connectivity index (χ3v) is 4.52. The van der Waals surface area contributed by atoms with Crippen molar-refractivity contribution in [3.63, 3.8) is 0 Å². The van der Waals surface area contributed by atoms with E-state index < -0.39 is 0 Å². The first-order valence-corrected chi connectivity index (χ1v) is 8.66. The van der Waals surface area contributed by atoms with Crippen molar-refractivity contribution in [1.82, 2.24) is 4.90 Å². The minimum absolute atomic E-state index is 0. The van der Waals surface area contributed by atoms with Crippen molar-refractivity contribution in [1.29, 1.82) is 0 Å². The van der Waals surface area contributed by atoms with E-state index in [4.69, 9.17) is 0 Å². The molecule has 1 heterocycles. The number of halogens is 1. The van der Waals surface area contributed by atoms with Crippen LogP contribution in [-0.2, 0) is 4.79 Å².